The van der Waals surface area contributed by atoms with Crippen LogP contribution in [0, 0.1) is 17.1 Å². The van der Waals surface area contributed by atoms with Crippen molar-refractivity contribution >= 4 is 15.7 Å². The first kappa shape index (κ1) is 15.0. The minimum Gasteiger partial charge on any atom is -0.380 e. The van der Waals surface area contributed by atoms with E-state index in [1.165, 1.54) is 24.3 Å². The van der Waals surface area contributed by atoms with E-state index in [9.17, 15) is 12.8 Å². The summed E-state index contributed by atoms with van der Waals surface area (Å²) in [4.78, 5) is 0.0229. The number of rotatable bonds is 4. The van der Waals surface area contributed by atoms with E-state index in [0.717, 1.165) is 5.56 Å². The molecule has 7 heteroatoms. The molecule has 0 saturated carbocycles. The topological polar surface area (TPSA) is 96.0 Å². The molecule has 0 spiro atoms. The number of halogens is 1. The van der Waals surface area contributed by atoms with Gasteiger partial charge in [-0.25, -0.2) is 17.9 Å². The highest BCUT2D eigenvalue weighted by Gasteiger charge is 2.08. The van der Waals surface area contributed by atoms with Gasteiger partial charge in [-0.15, -0.1) is 0 Å². The van der Waals surface area contributed by atoms with Crippen molar-refractivity contribution in [3.63, 3.8) is 0 Å². The van der Waals surface area contributed by atoms with Gasteiger partial charge >= 0.3 is 0 Å². The number of benzene rings is 2. The van der Waals surface area contributed by atoms with Crippen molar-refractivity contribution in [3.8, 4) is 6.07 Å². The maximum absolute atomic E-state index is 13.4. The predicted molar refractivity (Wildman–Crippen MR) is 76.3 cm³/mol. The quantitative estimate of drug-likeness (QED) is 0.902. The molecule has 0 aliphatic carbocycles. The van der Waals surface area contributed by atoms with Gasteiger partial charge in [0.1, 0.15) is 17.4 Å². The summed E-state index contributed by atoms with van der Waals surface area (Å²) in [6.45, 7) is 0.322. The van der Waals surface area contributed by atoms with E-state index in [1.807, 2.05) is 0 Å². The first-order chi connectivity index (χ1) is 9.91. The summed E-state index contributed by atoms with van der Waals surface area (Å²) in [5, 5.41) is 16.9. The van der Waals surface area contributed by atoms with Gasteiger partial charge in [-0.05, 0) is 29.8 Å². The number of nitrogens with one attached hydrogen (secondary N) is 1. The first-order valence-corrected chi connectivity index (χ1v) is 7.50. The maximum atomic E-state index is 13.4. The fourth-order valence-corrected chi connectivity index (χ4v) is 2.29. The van der Waals surface area contributed by atoms with E-state index < -0.39 is 15.8 Å². The fraction of sp³-hybridized carbons (Fsp3) is 0.0714. The van der Waals surface area contributed by atoms with Crippen LogP contribution in [-0.2, 0) is 16.6 Å². The Balaban J connectivity index is 2.15. The van der Waals surface area contributed by atoms with Crippen LogP contribution in [0.3, 0.4) is 0 Å². The molecule has 0 aliphatic heterocycles. The highest BCUT2D eigenvalue weighted by Crippen LogP contribution is 2.19. The summed E-state index contributed by atoms with van der Waals surface area (Å²) >= 11 is 0. The molecule has 21 heavy (non-hydrogen) atoms. The van der Waals surface area contributed by atoms with Crippen LogP contribution in [0.15, 0.2) is 47.4 Å². The Morgan fingerprint density at radius 1 is 1.19 bits per heavy atom. The standard InChI is InChI=1S/C14H12FN3O2S/c15-13-2-1-3-14(12(13)8-16)18-9-10-4-6-11(7-5-10)21(17,19)20/h1-7,18H,9H2,(H2,17,19,20). The zero-order valence-electron chi connectivity index (χ0n) is 10.9. The fourth-order valence-electron chi connectivity index (χ4n) is 1.78. The number of primary sulfonamides is 1. The molecule has 0 bridgehead atoms. The summed E-state index contributed by atoms with van der Waals surface area (Å²) in [5.41, 5.74) is 1.10. The van der Waals surface area contributed by atoms with Gasteiger partial charge in [-0.1, -0.05) is 18.2 Å². The number of nitrogens with zero attached hydrogens (tertiary/aromatic N) is 1. The molecule has 0 saturated heterocycles. The lowest BCUT2D eigenvalue weighted by Crippen LogP contribution is -2.12. The van der Waals surface area contributed by atoms with Crippen molar-refractivity contribution in [1.29, 1.82) is 5.26 Å². The Morgan fingerprint density at radius 3 is 2.43 bits per heavy atom. The summed E-state index contributed by atoms with van der Waals surface area (Å²) in [7, 11) is -3.72. The number of hydrogen-bond acceptors (Lipinski definition) is 4. The van der Waals surface area contributed by atoms with Gasteiger partial charge in [0, 0.05) is 6.54 Å². The van der Waals surface area contributed by atoms with Gasteiger partial charge in [0.15, 0.2) is 0 Å². The van der Waals surface area contributed by atoms with Crippen LogP contribution in [0.5, 0.6) is 0 Å². The lowest BCUT2D eigenvalue weighted by atomic mass is 10.1. The zero-order chi connectivity index (χ0) is 15.5. The average Bonchev–Trinajstić information content (AvgIpc) is 2.44. The second kappa shape index (κ2) is 5.91. The second-order valence-corrected chi connectivity index (χ2v) is 5.88. The molecule has 0 unspecified atom stereocenters. The predicted octanol–water partition coefficient (Wildman–Crippen LogP) is 1.96. The Hall–Kier alpha value is -2.43. The van der Waals surface area contributed by atoms with Crippen molar-refractivity contribution < 1.29 is 12.8 Å². The lowest BCUT2D eigenvalue weighted by Gasteiger charge is -2.09. The number of anilines is 1. The molecule has 0 atom stereocenters. The Labute approximate surface area is 121 Å². The van der Waals surface area contributed by atoms with Gasteiger partial charge in [0.2, 0.25) is 10.0 Å². The van der Waals surface area contributed by atoms with Crippen LogP contribution in [0.2, 0.25) is 0 Å². The Kier molecular flexibility index (Phi) is 4.21. The molecule has 108 valence electrons. The smallest absolute Gasteiger partial charge is 0.238 e. The van der Waals surface area contributed by atoms with Crippen molar-refractivity contribution in [2.24, 2.45) is 5.14 Å². The summed E-state index contributed by atoms with van der Waals surface area (Å²) in [6.07, 6.45) is 0. The molecule has 0 heterocycles. The number of sulfonamides is 1. The molecule has 0 fully saturated rings. The summed E-state index contributed by atoms with van der Waals surface area (Å²) in [6, 6.07) is 12.1. The van der Waals surface area contributed by atoms with E-state index >= 15 is 0 Å². The third-order valence-electron chi connectivity index (χ3n) is 2.86. The molecule has 0 aliphatic rings. The molecule has 0 amide bonds. The molecule has 3 N–H and O–H groups in total. The third kappa shape index (κ3) is 3.56. The minimum atomic E-state index is -3.72. The van der Waals surface area contributed by atoms with Gasteiger partial charge in [-0.2, -0.15) is 5.26 Å². The Morgan fingerprint density at radius 2 is 1.86 bits per heavy atom. The second-order valence-electron chi connectivity index (χ2n) is 4.32. The molecule has 2 aromatic rings. The van der Waals surface area contributed by atoms with Crippen LogP contribution in [0.1, 0.15) is 11.1 Å². The minimum absolute atomic E-state index is 0.0229. The monoisotopic (exact) mass is 305 g/mol. The first-order valence-electron chi connectivity index (χ1n) is 5.96. The molecular formula is C14H12FN3O2S. The van der Waals surface area contributed by atoms with Crippen molar-refractivity contribution in [1.82, 2.24) is 0 Å². The van der Waals surface area contributed by atoms with E-state index in [2.05, 4.69) is 5.32 Å². The van der Waals surface area contributed by atoms with Gasteiger partial charge in [0.05, 0.1) is 10.6 Å². The van der Waals surface area contributed by atoms with Crippen LogP contribution in [-0.4, -0.2) is 8.42 Å². The van der Waals surface area contributed by atoms with E-state index in [1.54, 1.807) is 24.3 Å². The number of nitrogens with two attached hydrogens (primary N) is 1. The SMILES string of the molecule is N#Cc1c(F)cccc1NCc1ccc(S(N)(=O)=O)cc1. The largest absolute Gasteiger partial charge is 0.380 e. The third-order valence-corrected chi connectivity index (χ3v) is 3.79. The molecule has 2 aromatic carbocycles. The molecule has 0 radical (unpaired) electrons. The highest BCUT2D eigenvalue weighted by molar-refractivity contribution is 7.89. The van der Waals surface area contributed by atoms with Gasteiger partial charge < -0.3 is 5.32 Å². The van der Waals surface area contributed by atoms with E-state index in [4.69, 9.17) is 10.4 Å². The normalized spacial score (nSPS) is 10.9. The van der Waals surface area contributed by atoms with Crippen molar-refractivity contribution in [2.45, 2.75) is 11.4 Å². The molecular weight excluding hydrogens is 293 g/mol. The van der Waals surface area contributed by atoms with Crippen LogP contribution >= 0.6 is 0 Å². The zero-order valence-corrected chi connectivity index (χ0v) is 11.7. The van der Waals surface area contributed by atoms with Gasteiger partial charge in [0.25, 0.3) is 0 Å². The van der Waals surface area contributed by atoms with Gasteiger partial charge in [-0.3, -0.25) is 0 Å². The summed E-state index contributed by atoms with van der Waals surface area (Å²) in [5.74, 6) is -0.591. The van der Waals surface area contributed by atoms with Crippen molar-refractivity contribution in [2.75, 3.05) is 5.32 Å². The van der Waals surface area contributed by atoms with Crippen LogP contribution < -0.4 is 10.5 Å². The van der Waals surface area contributed by atoms with E-state index in [-0.39, 0.29) is 10.5 Å². The Bertz CT molecular complexity index is 796. The number of nitriles is 1. The number of hydrogen-bond donors (Lipinski definition) is 2. The van der Waals surface area contributed by atoms with Crippen LogP contribution in [0.25, 0.3) is 0 Å². The van der Waals surface area contributed by atoms with Crippen molar-refractivity contribution in [3.05, 3.63) is 59.4 Å². The van der Waals surface area contributed by atoms with Crippen LogP contribution in [0.4, 0.5) is 10.1 Å². The maximum Gasteiger partial charge on any atom is 0.238 e. The highest BCUT2D eigenvalue weighted by atomic mass is 32.2. The molecule has 5 nitrogen and oxygen atoms in total. The average molecular weight is 305 g/mol. The lowest BCUT2D eigenvalue weighted by molar-refractivity contribution is 0.597. The summed E-state index contributed by atoms with van der Waals surface area (Å²) < 4.78 is 35.7. The molecule has 0 aromatic heterocycles. The van der Waals surface area contributed by atoms with E-state index in [0.29, 0.717) is 12.2 Å². The molecule has 2 rings (SSSR count).